The summed E-state index contributed by atoms with van der Waals surface area (Å²) < 4.78 is 2.30. The third-order valence-electron chi connectivity index (χ3n) is 7.04. The summed E-state index contributed by atoms with van der Waals surface area (Å²) in [6.45, 7) is 2.16. The van der Waals surface area contributed by atoms with Gasteiger partial charge in [-0.15, -0.1) is 0 Å². The Bertz CT molecular complexity index is 1840. The monoisotopic (exact) mass is 460 g/mol. The molecule has 1 heterocycles. The molecule has 2 heteroatoms. The number of para-hydroxylation sites is 3. The van der Waals surface area contributed by atoms with Crippen LogP contribution >= 0.6 is 0 Å². The van der Waals surface area contributed by atoms with Crippen LogP contribution in [0.25, 0.3) is 60.8 Å². The fraction of sp³-hybridized carbons (Fsp3) is 0.0294. The Morgan fingerprint density at radius 2 is 1.11 bits per heavy atom. The van der Waals surface area contributed by atoms with Gasteiger partial charge in [0.1, 0.15) is 5.82 Å². The van der Waals surface area contributed by atoms with Gasteiger partial charge in [-0.25, -0.2) is 4.98 Å². The number of hydrogen-bond donors (Lipinski definition) is 0. The molecule has 170 valence electrons. The van der Waals surface area contributed by atoms with Crippen molar-refractivity contribution in [2.45, 2.75) is 6.92 Å². The SMILES string of the molecule is Cc1cccc(-c2c3ccccc3c(-c3nc4ccccc4n3-c3ccccc3)c3ccccc23)c1. The Labute approximate surface area is 210 Å². The van der Waals surface area contributed by atoms with Crippen LogP contribution in [-0.2, 0) is 0 Å². The van der Waals surface area contributed by atoms with Gasteiger partial charge in [0, 0.05) is 11.3 Å². The third-order valence-corrected chi connectivity index (χ3v) is 7.04. The lowest BCUT2D eigenvalue weighted by atomic mass is 9.87. The van der Waals surface area contributed by atoms with E-state index >= 15 is 0 Å². The minimum absolute atomic E-state index is 0.964. The Kier molecular flexibility index (Phi) is 4.71. The van der Waals surface area contributed by atoms with Crippen molar-refractivity contribution in [3.8, 4) is 28.2 Å². The van der Waals surface area contributed by atoms with Gasteiger partial charge in [-0.05, 0) is 63.9 Å². The average Bonchev–Trinajstić information content (AvgIpc) is 3.31. The van der Waals surface area contributed by atoms with Crippen molar-refractivity contribution in [1.29, 1.82) is 0 Å². The van der Waals surface area contributed by atoms with E-state index in [1.165, 1.54) is 38.2 Å². The number of aromatic nitrogens is 2. The molecular formula is C34H24N2. The van der Waals surface area contributed by atoms with E-state index in [0.29, 0.717) is 0 Å². The van der Waals surface area contributed by atoms with E-state index in [0.717, 1.165) is 28.1 Å². The molecule has 0 saturated carbocycles. The summed E-state index contributed by atoms with van der Waals surface area (Å²) in [5, 5.41) is 4.90. The Hall–Kier alpha value is -4.69. The first kappa shape index (κ1) is 20.7. The maximum absolute atomic E-state index is 5.24. The third kappa shape index (κ3) is 3.15. The molecular weight excluding hydrogens is 436 g/mol. The van der Waals surface area contributed by atoms with Crippen molar-refractivity contribution in [2.24, 2.45) is 0 Å². The lowest BCUT2D eigenvalue weighted by molar-refractivity contribution is 1.11. The van der Waals surface area contributed by atoms with E-state index in [9.17, 15) is 0 Å². The molecule has 0 amide bonds. The van der Waals surface area contributed by atoms with Gasteiger partial charge in [-0.3, -0.25) is 4.57 Å². The number of nitrogens with zero attached hydrogens (tertiary/aromatic N) is 2. The lowest BCUT2D eigenvalue weighted by Gasteiger charge is -2.18. The van der Waals surface area contributed by atoms with Gasteiger partial charge in [-0.1, -0.05) is 109 Å². The molecule has 0 spiro atoms. The van der Waals surface area contributed by atoms with Crippen LogP contribution in [0.4, 0.5) is 0 Å². The van der Waals surface area contributed by atoms with Gasteiger partial charge in [0.2, 0.25) is 0 Å². The van der Waals surface area contributed by atoms with E-state index in [4.69, 9.17) is 4.98 Å². The fourth-order valence-electron chi connectivity index (χ4n) is 5.51. The predicted octanol–water partition coefficient (Wildman–Crippen LogP) is 8.97. The molecule has 0 fully saturated rings. The van der Waals surface area contributed by atoms with E-state index in [1.807, 2.05) is 0 Å². The highest BCUT2D eigenvalue weighted by Gasteiger charge is 2.21. The highest BCUT2D eigenvalue weighted by Crippen LogP contribution is 2.44. The normalized spacial score (nSPS) is 11.5. The lowest BCUT2D eigenvalue weighted by Crippen LogP contribution is -1.99. The molecule has 0 saturated heterocycles. The molecule has 0 aliphatic rings. The standard InChI is InChI=1S/C34H24N2/c1-23-12-11-13-24(22-23)32-26-16-5-7-18-28(26)33(29-19-8-6-17-27(29)32)34-35-30-20-9-10-21-31(30)36(34)25-14-3-2-4-15-25/h2-22H,1H3. The summed E-state index contributed by atoms with van der Waals surface area (Å²) in [5.74, 6) is 0.964. The molecule has 7 aromatic rings. The number of aryl methyl sites for hydroxylation is 1. The second kappa shape index (κ2) is 8.21. The Morgan fingerprint density at radius 3 is 1.78 bits per heavy atom. The van der Waals surface area contributed by atoms with Crippen LogP contribution in [0.1, 0.15) is 5.56 Å². The summed E-state index contributed by atoms with van der Waals surface area (Å²) in [4.78, 5) is 5.24. The molecule has 2 nitrogen and oxygen atoms in total. The molecule has 0 atom stereocenters. The van der Waals surface area contributed by atoms with Crippen LogP contribution in [0.5, 0.6) is 0 Å². The summed E-state index contributed by atoms with van der Waals surface area (Å²) in [7, 11) is 0. The van der Waals surface area contributed by atoms with Crippen LogP contribution in [0, 0.1) is 6.92 Å². The summed E-state index contributed by atoms with van der Waals surface area (Å²) in [5.41, 5.74) is 8.15. The van der Waals surface area contributed by atoms with Crippen LogP contribution in [0.2, 0.25) is 0 Å². The first-order valence-corrected chi connectivity index (χ1v) is 12.3. The van der Waals surface area contributed by atoms with Gasteiger partial charge in [0.05, 0.1) is 11.0 Å². The minimum atomic E-state index is 0.964. The number of imidazole rings is 1. The Morgan fingerprint density at radius 1 is 0.528 bits per heavy atom. The van der Waals surface area contributed by atoms with Crippen molar-refractivity contribution >= 4 is 32.6 Å². The molecule has 0 radical (unpaired) electrons. The summed E-state index contributed by atoms with van der Waals surface area (Å²) in [6.07, 6.45) is 0. The minimum Gasteiger partial charge on any atom is -0.292 e. The molecule has 0 bridgehead atoms. The van der Waals surface area contributed by atoms with Crippen LogP contribution < -0.4 is 0 Å². The number of rotatable bonds is 3. The Balaban J connectivity index is 1.68. The van der Waals surface area contributed by atoms with E-state index in [-0.39, 0.29) is 0 Å². The summed E-state index contributed by atoms with van der Waals surface area (Å²) >= 11 is 0. The smallest absolute Gasteiger partial charge is 0.146 e. The molecule has 0 N–H and O–H groups in total. The van der Waals surface area contributed by atoms with E-state index in [2.05, 4.69) is 139 Å². The second-order valence-corrected chi connectivity index (χ2v) is 9.31. The number of benzene rings is 6. The number of hydrogen-bond acceptors (Lipinski definition) is 1. The van der Waals surface area contributed by atoms with Gasteiger partial charge in [0.15, 0.2) is 0 Å². The van der Waals surface area contributed by atoms with Crippen molar-refractivity contribution in [1.82, 2.24) is 9.55 Å². The van der Waals surface area contributed by atoms with Crippen molar-refractivity contribution in [2.75, 3.05) is 0 Å². The van der Waals surface area contributed by atoms with E-state index < -0.39 is 0 Å². The molecule has 6 aromatic carbocycles. The molecule has 0 aliphatic heterocycles. The topological polar surface area (TPSA) is 17.8 Å². The van der Waals surface area contributed by atoms with Gasteiger partial charge >= 0.3 is 0 Å². The molecule has 1 aromatic heterocycles. The maximum atomic E-state index is 5.24. The van der Waals surface area contributed by atoms with Gasteiger partial charge in [0.25, 0.3) is 0 Å². The quantitative estimate of drug-likeness (QED) is 0.241. The molecule has 7 rings (SSSR count). The van der Waals surface area contributed by atoms with Crippen LogP contribution in [0.15, 0.2) is 127 Å². The fourth-order valence-corrected chi connectivity index (χ4v) is 5.51. The van der Waals surface area contributed by atoms with Gasteiger partial charge in [-0.2, -0.15) is 0 Å². The van der Waals surface area contributed by atoms with Gasteiger partial charge < -0.3 is 0 Å². The van der Waals surface area contributed by atoms with Crippen molar-refractivity contribution in [3.05, 3.63) is 133 Å². The number of fused-ring (bicyclic) bond motifs is 3. The average molecular weight is 461 g/mol. The largest absolute Gasteiger partial charge is 0.292 e. The van der Waals surface area contributed by atoms with Crippen LogP contribution in [-0.4, -0.2) is 9.55 Å². The first-order valence-electron chi connectivity index (χ1n) is 12.3. The highest BCUT2D eigenvalue weighted by atomic mass is 15.1. The van der Waals surface area contributed by atoms with Crippen molar-refractivity contribution < 1.29 is 0 Å². The summed E-state index contributed by atoms with van der Waals surface area (Å²) in [6, 6.07) is 45.3. The highest BCUT2D eigenvalue weighted by molar-refractivity contribution is 6.21. The zero-order valence-electron chi connectivity index (χ0n) is 20.0. The van der Waals surface area contributed by atoms with Crippen LogP contribution in [0.3, 0.4) is 0 Å². The maximum Gasteiger partial charge on any atom is 0.146 e. The first-order chi connectivity index (χ1) is 17.8. The zero-order chi connectivity index (χ0) is 24.1. The predicted molar refractivity (Wildman–Crippen MR) is 152 cm³/mol. The van der Waals surface area contributed by atoms with Crippen molar-refractivity contribution in [3.63, 3.8) is 0 Å². The second-order valence-electron chi connectivity index (χ2n) is 9.31. The molecule has 0 aliphatic carbocycles. The van der Waals surface area contributed by atoms with E-state index in [1.54, 1.807) is 0 Å². The molecule has 0 unspecified atom stereocenters. The molecule has 36 heavy (non-hydrogen) atoms. The zero-order valence-corrected chi connectivity index (χ0v) is 20.0.